The number of carbonyl (C=O) groups is 2. The fourth-order valence-corrected chi connectivity index (χ4v) is 3.80. The van der Waals surface area contributed by atoms with Crippen LogP contribution in [-0.2, 0) is 9.53 Å². The number of rotatable bonds is 6. The number of carbonyl (C=O) groups excluding carboxylic acids is 2. The predicted octanol–water partition coefficient (Wildman–Crippen LogP) is 4.20. The van der Waals surface area contributed by atoms with Crippen molar-refractivity contribution in [2.45, 2.75) is 5.03 Å². The highest BCUT2D eigenvalue weighted by atomic mass is 32.2. The molecule has 0 saturated heterocycles. The molecule has 2 heterocycles. The van der Waals surface area contributed by atoms with Crippen LogP contribution in [0.15, 0.2) is 58.9 Å². The molecule has 0 fully saturated rings. The first kappa shape index (κ1) is 19.6. The van der Waals surface area contributed by atoms with Crippen LogP contribution >= 0.6 is 23.1 Å². The van der Waals surface area contributed by atoms with Crippen LogP contribution in [0.2, 0.25) is 0 Å². The van der Waals surface area contributed by atoms with Crippen molar-refractivity contribution in [3.63, 3.8) is 0 Å². The summed E-state index contributed by atoms with van der Waals surface area (Å²) in [7, 11) is 1.31. The number of ether oxygens (including phenoxy) is 1. The third-order valence-corrected chi connectivity index (χ3v) is 5.57. The number of nitriles is 1. The first-order chi connectivity index (χ1) is 13.6. The zero-order chi connectivity index (χ0) is 19.9. The standard InChI is InChI=1S/C20H15N3O3S2/c1-26-20(25)13-4-7-15(8-5-13)22-18(24)12-28-19-14(11-21)6-9-16(23-19)17-3-2-10-27-17/h2-10H,12H2,1H3,(H,22,24). The molecule has 2 aromatic heterocycles. The van der Waals surface area contributed by atoms with Gasteiger partial charge in [0.2, 0.25) is 5.91 Å². The summed E-state index contributed by atoms with van der Waals surface area (Å²) in [6.45, 7) is 0. The maximum atomic E-state index is 12.2. The van der Waals surface area contributed by atoms with E-state index in [1.165, 1.54) is 18.9 Å². The van der Waals surface area contributed by atoms with Gasteiger partial charge >= 0.3 is 5.97 Å². The van der Waals surface area contributed by atoms with E-state index in [9.17, 15) is 14.9 Å². The fourth-order valence-electron chi connectivity index (χ4n) is 2.34. The van der Waals surface area contributed by atoms with Gasteiger partial charge < -0.3 is 10.1 Å². The Balaban J connectivity index is 1.65. The first-order valence-corrected chi connectivity index (χ1v) is 10.0. The monoisotopic (exact) mass is 409 g/mol. The third-order valence-electron chi connectivity index (χ3n) is 3.68. The number of benzene rings is 1. The summed E-state index contributed by atoms with van der Waals surface area (Å²) in [5.41, 5.74) is 2.18. The zero-order valence-corrected chi connectivity index (χ0v) is 16.5. The second kappa shape index (κ2) is 9.17. The molecule has 1 N–H and O–H groups in total. The average Bonchev–Trinajstić information content (AvgIpc) is 3.27. The fraction of sp³-hybridized carbons (Fsp3) is 0.100. The molecule has 3 aromatic rings. The molecule has 0 bridgehead atoms. The number of hydrogen-bond donors (Lipinski definition) is 1. The Morgan fingerprint density at radius 3 is 2.64 bits per heavy atom. The van der Waals surface area contributed by atoms with Gasteiger partial charge in [-0.15, -0.1) is 11.3 Å². The Hall–Kier alpha value is -3.15. The summed E-state index contributed by atoms with van der Waals surface area (Å²) in [6.07, 6.45) is 0. The molecule has 0 aliphatic rings. The smallest absolute Gasteiger partial charge is 0.337 e. The van der Waals surface area contributed by atoms with E-state index in [1.54, 1.807) is 47.7 Å². The van der Waals surface area contributed by atoms with Gasteiger partial charge in [0.1, 0.15) is 11.1 Å². The van der Waals surface area contributed by atoms with Crippen LogP contribution in [0.1, 0.15) is 15.9 Å². The van der Waals surface area contributed by atoms with E-state index in [2.05, 4.69) is 21.1 Å². The first-order valence-electron chi connectivity index (χ1n) is 8.17. The second-order valence-corrected chi connectivity index (χ2v) is 7.46. The van der Waals surface area contributed by atoms with E-state index in [0.29, 0.717) is 21.8 Å². The van der Waals surface area contributed by atoms with E-state index in [0.717, 1.165) is 10.6 Å². The molecule has 1 aromatic carbocycles. The van der Waals surface area contributed by atoms with Crippen molar-refractivity contribution in [3.05, 3.63) is 65.0 Å². The van der Waals surface area contributed by atoms with Gasteiger partial charge in [0.25, 0.3) is 0 Å². The van der Waals surface area contributed by atoms with E-state index >= 15 is 0 Å². The van der Waals surface area contributed by atoms with Crippen LogP contribution in [0.4, 0.5) is 5.69 Å². The summed E-state index contributed by atoms with van der Waals surface area (Å²) in [4.78, 5) is 29.2. The van der Waals surface area contributed by atoms with E-state index < -0.39 is 5.97 Å². The molecular weight excluding hydrogens is 394 g/mol. The van der Waals surface area contributed by atoms with Crippen molar-refractivity contribution in [1.29, 1.82) is 5.26 Å². The number of esters is 1. The quantitative estimate of drug-likeness (QED) is 0.485. The Morgan fingerprint density at radius 1 is 1.21 bits per heavy atom. The van der Waals surface area contributed by atoms with Gasteiger partial charge in [-0.25, -0.2) is 9.78 Å². The minimum Gasteiger partial charge on any atom is -0.465 e. The lowest BCUT2D eigenvalue weighted by Crippen LogP contribution is -2.14. The predicted molar refractivity (Wildman–Crippen MR) is 109 cm³/mol. The molecule has 0 spiro atoms. The molecule has 0 unspecified atom stereocenters. The third kappa shape index (κ3) is 4.76. The molecule has 0 aliphatic heterocycles. The number of hydrogen-bond acceptors (Lipinski definition) is 7. The minimum absolute atomic E-state index is 0.105. The molecule has 0 atom stereocenters. The molecule has 0 aliphatic carbocycles. The van der Waals surface area contributed by atoms with Crippen LogP contribution in [0, 0.1) is 11.3 Å². The highest BCUT2D eigenvalue weighted by molar-refractivity contribution is 8.00. The SMILES string of the molecule is COC(=O)c1ccc(NC(=O)CSc2nc(-c3cccs3)ccc2C#N)cc1. The summed E-state index contributed by atoms with van der Waals surface area (Å²) in [5.74, 6) is -0.564. The van der Waals surface area contributed by atoms with Gasteiger partial charge in [0, 0.05) is 5.69 Å². The molecule has 0 saturated carbocycles. The van der Waals surface area contributed by atoms with Crippen LogP contribution in [0.5, 0.6) is 0 Å². The van der Waals surface area contributed by atoms with Gasteiger partial charge in [-0.2, -0.15) is 5.26 Å². The van der Waals surface area contributed by atoms with Crippen molar-refractivity contribution < 1.29 is 14.3 Å². The van der Waals surface area contributed by atoms with E-state index in [-0.39, 0.29) is 11.7 Å². The Morgan fingerprint density at radius 2 is 2.00 bits per heavy atom. The van der Waals surface area contributed by atoms with Crippen molar-refractivity contribution >= 4 is 40.7 Å². The maximum Gasteiger partial charge on any atom is 0.337 e. The Kier molecular flexibility index (Phi) is 6.42. The maximum absolute atomic E-state index is 12.2. The molecule has 3 rings (SSSR count). The normalized spacial score (nSPS) is 10.1. The van der Waals surface area contributed by atoms with Crippen LogP contribution < -0.4 is 5.32 Å². The lowest BCUT2D eigenvalue weighted by atomic mass is 10.2. The molecule has 0 radical (unpaired) electrons. The number of methoxy groups -OCH3 is 1. The number of aromatic nitrogens is 1. The molecule has 140 valence electrons. The topological polar surface area (TPSA) is 92.1 Å². The highest BCUT2D eigenvalue weighted by Gasteiger charge is 2.12. The largest absolute Gasteiger partial charge is 0.465 e. The zero-order valence-electron chi connectivity index (χ0n) is 14.8. The summed E-state index contributed by atoms with van der Waals surface area (Å²) < 4.78 is 4.64. The van der Waals surface area contributed by atoms with Crippen molar-refractivity contribution in [2.24, 2.45) is 0 Å². The molecule has 28 heavy (non-hydrogen) atoms. The number of pyridine rings is 1. The van der Waals surface area contributed by atoms with Gasteiger partial charge in [-0.1, -0.05) is 17.8 Å². The molecular formula is C20H15N3O3S2. The summed E-state index contributed by atoms with van der Waals surface area (Å²) in [5, 5.41) is 14.5. The Bertz CT molecular complexity index is 1030. The number of nitrogens with one attached hydrogen (secondary N) is 1. The lowest BCUT2D eigenvalue weighted by Gasteiger charge is -2.07. The van der Waals surface area contributed by atoms with E-state index in [1.807, 2.05) is 17.5 Å². The number of amides is 1. The van der Waals surface area contributed by atoms with Gasteiger partial charge in [-0.05, 0) is 47.8 Å². The van der Waals surface area contributed by atoms with Crippen molar-refractivity contribution in [1.82, 2.24) is 4.98 Å². The number of nitrogens with zero attached hydrogens (tertiary/aromatic N) is 2. The number of anilines is 1. The molecule has 8 heteroatoms. The lowest BCUT2D eigenvalue weighted by molar-refractivity contribution is -0.113. The minimum atomic E-state index is -0.436. The van der Waals surface area contributed by atoms with Crippen LogP contribution in [0.3, 0.4) is 0 Å². The average molecular weight is 409 g/mol. The summed E-state index contributed by atoms with van der Waals surface area (Å²) >= 11 is 2.77. The Labute approximate surface area is 170 Å². The molecule has 6 nitrogen and oxygen atoms in total. The van der Waals surface area contributed by atoms with Gasteiger partial charge in [0.15, 0.2) is 0 Å². The second-order valence-electron chi connectivity index (χ2n) is 5.54. The van der Waals surface area contributed by atoms with Gasteiger partial charge in [0.05, 0.1) is 34.6 Å². The van der Waals surface area contributed by atoms with Crippen LogP contribution in [-0.4, -0.2) is 29.7 Å². The van der Waals surface area contributed by atoms with Gasteiger partial charge in [-0.3, -0.25) is 4.79 Å². The van der Waals surface area contributed by atoms with Crippen LogP contribution in [0.25, 0.3) is 10.6 Å². The van der Waals surface area contributed by atoms with Crippen molar-refractivity contribution in [2.75, 3.05) is 18.2 Å². The number of thioether (sulfide) groups is 1. The van der Waals surface area contributed by atoms with Crippen molar-refractivity contribution in [3.8, 4) is 16.6 Å². The number of thiophene rings is 1. The summed E-state index contributed by atoms with van der Waals surface area (Å²) in [6, 6.07) is 15.9. The van der Waals surface area contributed by atoms with E-state index in [4.69, 9.17) is 0 Å². The highest BCUT2D eigenvalue weighted by Crippen LogP contribution is 2.28. The molecule has 1 amide bonds.